The standard InChI is InChI=1S/C19H22FN3O3S/c1-10-8-15(23-18(26)19(3,4)5)27-16(10)17(25)22-14-9-12(21-11(2)24)6-7-13(14)20/h6-9H,1-5H3,(H,21,24)(H,22,25)(H,23,26). The topological polar surface area (TPSA) is 87.3 Å². The summed E-state index contributed by atoms with van der Waals surface area (Å²) >= 11 is 1.12. The van der Waals surface area contributed by atoms with E-state index >= 15 is 0 Å². The quantitative estimate of drug-likeness (QED) is 0.722. The third kappa shape index (κ3) is 5.37. The van der Waals surface area contributed by atoms with Crippen LogP contribution in [0.25, 0.3) is 0 Å². The molecule has 144 valence electrons. The fourth-order valence-corrected chi connectivity index (χ4v) is 3.11. The van der Waals surface area contributed by atoms with Crippen molar-refractivity contribution >= 4 is 45.4 Å². The first-order valence-corrected chi connectivity index (χ1v) is 9.09. The molecule has 8 heteroatoms. The molecule has 0 bridgehead atoms. The molecule has 2 aromatic rings. The average Bonchev–Trinajstić information content (AvgIpc) is 2.89. The minimum absolute atomic E-state index is 0.0423. The summed E-state index contributed by atoms with van der Waals surface area (Å²) in [5.41, 5.74) is 0.438. The summed E-state index contributed by atoms with van der Waals surface area (Å²) in [5, 5.41) is 8.37. The predicted octanol–water partition coefficient (Wildman–Crippen LogP) is 4.39. The molecule has 3 N–H and O–H groups in total. The Balaban J connectivity index is 2.19. The normalized spacial score (nSPS) is 11.0. The Morgan fingerprint density at radius 3 is 2.30 bits per heavy atom. The predicted molar refractivity (Wildman–Crippen MR) is 106 cm³/mol. The van der Waals surface area contributed by atoms with Crippen molar-refractivity contribution in [3.05, 3.63) is 40.5 Å². The second kappa shape index (κ2) is 7.87. The zero-order valence-electron chi connectivity index (χ0n) is 15.8. The van der Waals surface area contributed by atoms with Gasteiger partial charge in [0.1, 0.15) is 5.82 Å². The summed E-state index contributed by atoms with van der Waals surface area (Å²) in [6.07, 6.45) is 0. The van der Waals surface area contributed by atoms with Crippen molar-refractivity contribution in [2.24, 2.45) is 5.41 Å². The van der Waals surface area contributed by atoms with E-state index in [0.29, 0.717) is 21.1 Å². The van der Waals surface area contributed by atoms with E-state index in [4.69, 9.17) is 0 Å². The number of thiophene rings is 1. The number of amides is 3. The lowest BCUT2D eigenvalue weighted by atomic mass is 9.96. The monoisotopic (exact) mass is 391 g/mol. The van der Waals surface area contributed by atoms with Crippen molar-refractivity contribution in [1.29, 1.82) is 0 Å². The van der Waals surface area contributed by atoms with Crippen molar-refractivity contribution in [2.45, 2.75) is 34.6 Å². The number of halogens is 1. The van der Waals surface area contributed by atoms with Crippen LogP contribution < -0.4 is 16.0 Å². The number of benzene rings is 1. The van der Waals surface area contributed by atoms with Crippen LogP contribution in [0.2, 0.25) is 0 Å². The Bertz CT molecular complexity index is 900. The van der Waals surface area contributed by atoms with E-state index in [1.165, 1.54) is 19.1 Å². The number of rotatable bonds is 4. The zero-order valence-corrected chi connectivity index (χ0v) is 16.6. The number of carbonyl (C=O) groups is 3. The molecular formula is C19H22FN3O3S. The van der Waals surface area contributed by atoms with Gasteiger partial charge in [0, 0.05) is 18.0 Å². The smallest absolute Gasteiger partial charge is 0.266 e. The molecule has 0 fully saturated rings. The highest BCUT2D eigenvalue weighted by Gasteiger charge is 2.23. The summed E-state index contributed by atoms with van der Waals surface area (Å²) < 4.78 is 14.0. The van der Waals surface area contributed by atoms with Gasteiger partial charge in [0.2, 0.25) is 11.8 Å². The van der Waals surface area contributed by atoms with Crippen molar-refractivity contribution in [2.75, 3.05) is 16.0 Å². The molecule has 1 aromatic heterocycles. The molecule has 0 aliphatic rings. The molecule has 0 radical (unpaired) electrons. The third-order valence-electron chi connectivity index (χ3n) is 3.58. The number of anilines is 3. The SMILES string of the molecule is CC(=O)Nc1ccc(F)c(NC(=O)c2sc(NC(=O)C(C)(C)C)cc2C)c1. The summed E-state index contributed by atoms with van der Waals surface area (Å²) in [6.45, 7) is 8.45. The summed E-state index contributed by atoms with van der Waals surface area (Å²) in [6, 6.07) is 5.62. The lowest BCUT2D eigenvalue weighted by molar-refractivity contribution is -0.123. The molecule has 1 heterocycles. The fraction of sp³-hybridized carbons (Fsp3) is 0.316. The first kappa shape index (κ1) is 20.6. The highest BCUT2D eigenvalue weighted by molar-refractivity contribution is 7.18. The van der Waals surface area contributed by atoms with Crippen LogP contribution in [-0.2, 0) is 9.59 Å². The highest BCUT2D eigenvalue weighted by Crippen LogP contribution is 2.30. The Labute approximate surface area is 161 Å². The van der Waals surface area contributed by atoms with Crippen LogP contribution in [0.4, 0.5) is 20.8 Å². The van der Waals surface area contributed by atoms with Crippen molar-refractivity contribution in [3.8, 4) is 0 Å². The molecule has 0 saturated carbocycles. The molecule has 6 nitrogen and oxygen atoms in total. The van der Waals surface area contributed by atoms with Crippen LogP contribution in [-0.4, -0.2) is 17.7 Å². The Hall–Kier alpha value is -2.74. The maximum absolute atomic E-state index is 14.0. The molecular weight excluding hydrogens is 369 g/mol. The second-order valence-electron chi connectivity index (χ2n) is 7.16. The van der Waals surface area contributed by atoms with Gasteiger partial charge < -0.3 is 16.0 Å². The van der Waals surface area contributed by atoms with Gasteiger partial charge in [-0.15, -0.1) is 11.3 Å². The molecule has 27 heavy (non-hydrogen) atoms. The number of carbonyl (C=O) groups excluding carboxylic acids is 3. The first-order valence-electron chi connectivity index (χ1n) is 8.27. The van der Waals surface area contributed by atoms with Gasteiger partial charge in [-0.2, -0.15) is 0 Å². The van der Waals surface area contributed by atoms with Crippen LogP contribution in [0.5, 0.6) is 0 Å². The maximum Gasteiger partial charge on any atom is 0.266 e. The lowest BCUT2D eigenvalue weighted by Crippen LogP contribution is -2.27. The van der Waals surface area contributed by atoms with Crippen LogP contribution in [0, 0.1) is 18.2 Å². The summed E-state index contributed by atoms with van der Waals surface area (Å²) in [4.78, 5) is 36.1. The zero-order chi connectivity index (χ0) is 20.4. The summed E-state index contributed by atoms with van der Waals surface area (Å²) in [5.74, 6) is -1.57. The molecule has 0 aliphatic heterocycles. The molecule has 1 aromatic carbocycles. The van der Waals surface area contributed by atoms with E-state index in [9.17, 15) is 18.8 Å². The molecule has 0 unspecified atom stereocenters. The van der Waals surface area contributed by atoms with E-state index in [1.807, 2.05) is 0 Å². The largest absolute Gasteiger partial charge is 0.326 e. The van der Waals surface area contributed by atoms with Crippen LogP contribution in [0.1, 0.15) is 42.9 Å². The number of nitrogens with one attached hydrogen (secondary N) is 3. The van der Waals surface area contributed by atoms with E-state index in [2.05, 4.69) is 16.0 Å². The molecule has 0 atom stereocenters. The number of hydrogen-bond acceptors (Lipinski definition) is 4. The van der Waals surface area contributed by atoms with E-state index in [1.54, 1.807) is 33.8 Å². The van der Waals surface area contributed by atoms with Gasteiger partial charge in [0.25, 0.3) is 5.91 Å². The maximum atomic E-state index is 14.0. The highest BCUT2D eigenvalue weighted by atomic mass is 32.1. The third-order valence-corrected chi connectivity index (χ3v) is 4.73. The minimum atomic E-state index is -0.618. The lowest BCUT2D eigenvalue weighted by Gasteiger charge is -2.16. The first-order chi connectivity index (χ1) is 12.5. The second-order valence-corrected chi connectivity index (χ2v) is 8.21. The molecule has 0 spiro atoms. The number of hydrogen-bond donors (Lipinski definition) is 3. The minimum Gasteiger partial charge on any atom is -0.326 e. The van der Waals surface area contributed by atoms with E-state index in [0.717, 1.165) is 17.4 Å². The van der Waals surface area contributed by atoms with Gasteiger partial charge >= 0.3 is 0 Å². The Kier molecular flexibility index (Phi) is 6.00. The van der Waals surface area contributed by atoms with Gasteiger partial charge in [0.15, 0.2) is 0 Å². The fourth-order valence-electron chi connectivity index (χ4n) is 2.15. The molecule has 2 rings (SSSR count). The van der Waals surface area contributed by atoms with Crippen molar-refractivity contribution in [1.82, 2.24) is 0 Å². The van der Waals surface area contributed by atoms with Crippen LogP contribution >= 0.6 is 11.3 Å². The van der Waals surface area contributed by atoms with Gasteiger partial charge in [0.05, 0.1) is 15.6 Å². The average molecular weight is 391 g/mol. The molecule has 0 aliphatic carbocycles. The molecule has 3 amide bonds. The van der Waals surface area contributed by atoms with Crippen LogP contribution in [0.3, 0.4) is 0 Å². The van der Waals surface area contributed by atoms with Gasteiger partial charge in [-0.1, -0.05) is 20.8 Å². The molecule has 0 saturated heterocycles. The van der Waals surface area contributed by atoms with Gasteiger partial charge in [-0.05, 0) is 36.8 Å². The van der Waals surface area contributed by atoms with Crippen LogP contribution in [0.15, 0.2) is 24.3 Å². The van der Waals surface area contributed by atoms with Gasteiger partial charge in [-0.3, -0.25) is 14.4 Å². The van der Waals surface area contributed by atoms with Crippen molar-refractivity contribution in [3.63, 3.8) is 0 Å². The van der Waals surface area contributed by atoms with Gasteiger partial charge in [-0.25, -0.2) is 4.39 Å². The Morgan fingerprint density at radius 1 is 1.04 bits per heavy atom. The van der Waals surface area contributed by atoms with E-state index < -0.39 is 17.1 Å². The Morgan fingerprint density at radius 2 is 1.70 bits per heavy atom. The van der Waals surface area contributed by atoms with E-state index in [-0.39, 0.29) is 17.5 Å². The number of aryl methyl sites for hydroxylation is 1. The van der Waals surface area contributed by atoms with Crippen molar-refractivity contribution < 1.29 is 18.8 Å². The summed E-state index contributed by atoms with van der Waals surface area (Å²) in [7, 11) is 0.